The van der Waals surface area contributed by atoms with Crippen molar-refractivity contribution in [2.24, 2.45) is 50.2 Å². The standard InChI is InChI=1S/C58H90O22/c1-13-26(3)47(69)79-45-46(80-48(70)27(4)14-2)58(25-60)29(21-53(45,5)6)28-15-16-33-55(9)19-18-35(54(7,8)32(55)17-20-56(33,10)57(28,11)22-34(58)62)75-52-44(78-51-40(67)38(65)37(64)31(23-59)74-51)42(41(68)43(77-52)49(71)72-12)76-50-39(66)36(63)30(61)24-73-50/h13-15,29-46,50-52,59-68H,16-25H2,1-12H3. The first-order valence-electron chi connectivity index (χ1n) is 28.4. The van der Waals surface area contributed by atoms with Crippen LogP contribution in [-0.4, -0.2) is 206 Å². The maximum Gasteiger partial charge on any atom is 0.337 e. The van der Waals surface area contributed by atoms with Gasteiger partial charge in [-0.1, -0.05) is 72.3 Å². The SMILES string of the molecule is CC=C(C)C(=O)OC1C(OC(=O)C(C)=CC)C2(CO)C(O)CC3(C)C(=CCC4C5(C)CCC(OC6OC(C(=O)OC)C(O)C(OC7OCC(O)C(O)C7O)C6OC6OC(CO)C(O)C(O)C6O)C(C)(C)C5CCC43C)C2CC1(C)C. The second kappa shape index (κ2) is 23.1. The minimum Gasteiger partial charge on any atom is -0.467 e. The first kappa shape index (κ1) is 63.0. The Morgan fingerprint density at radius 3 is 1.90 bits per heavy atom. The second-order valence-corrected chi connectivity index (χ2v) is 26.2. The Balaban J connectivity index is 1.13. The van der Waals surface area contributed by atoms with Gasteiger partial charge in [0.05, 0.1) is 44.6 Å². The van der Waals surface area contributed by atoms with Crippen LogP contribution in [0.1, 0.15) is 121 Å². The van der Waals surface area contributed by atoms with Crippen molar-refractivity contribution in [1.29, 1.82) is 0 Å². The molecular formula is C58H90O22. The van der Waals surface area contributed by atoms with Crippen molar-refractivity contribution in [1.82, 2.24) is 0 Å². The summed E-state index contributed by atoms with van der Waals surface area (Å²) < 4.78 is 54.8. The molecule has 4 saturated carbocycles. The third-order valence-electron chi connectivity index (χ3n) is 21.4. The average Bonchev–Trinajstić information content (AvgIpc) is 3.52. The van der Waals surface area contributed by atoms with Crippen LogP contribution in [0.2, 0.25) is 0 Å². The van der Waals surface area contributed by atoms with Gasteiger partial charge in [0.25, 0.3) is 0 Å². The monoisotopic (exact) mass is 1140 g/mol. The summed E-state index contributed by atoms with van der Waals surface area (Å²) in [7, 11) is 1.08. The first-order valence-corrected chi connectivity index (χ1v) is 28.4. The predicted molar refractivity (Wildman–Crippen MR) is 280 cm³/mol. The normalized spacial score (nSPS) is 48.2. The number of rotatable bonds is 13. The number of methoxy groups -OCH3 is 1. The molecule has 0 amide bonds. The van der Waals surface area contributed by atoms with Crippen molar-refractivity contribution >= 4 is 17.9 Å². The maximum atomic E-state index is 13.8. The van der Waals surface area contributed by atoms with Gasteiger partial charge < -0.3 is 93.7 Å². The summed E-state index contributed by atoms with van der Waals surface area (Å²) in [6, 6.07) is 0. The number of fused-ring (bicyclic) bond motifs is 7. The average molecular weight is 1140 g/mol. The molecule has 0 aromatic heterocycles. The molecule has 454 valence electrons. The highest BCUT2D eigenvalue weighted by Gasteiger charge is 2.74. The Labute approximate surface area is 468 Å². The van der Waals surface area contributed by atoms with Crippen LogP contribution < -0.4 is 0 Å². The molecule has 0 radical (unpaired) electrons. The van der Waals surface area contributed by atoms with Crippen LogP contribution in [0.15, 0.2) is 34.9 Å². The van der Waals surface area contributed by atoms with E-state index >= 15 is 0 Å². The zero-order valence-electron chi connectivity index (χ0n) is 48.3. The number of aliphatic hydroxyl groups excluding tert-OH is 10. The van der Waals surface area contributed by atoms with E-state index in [2.05, 4.69) is 40.7 Å². The van der Waals surface area contributed by atoms with Gasteiger partial charge in [0, 0.05) is 16.6 Å². The second-order valence-electron chi connectivity index (χ2n) is 26.2. The number of carbonyl (C=O) groups excluding carboxylic acids is 3. The summed E-state index contributed by atoms with van der Waals surface area (Å²) >= 11 is 0. The van der Waals surface area contributed by atoms with E-state index in [0.29, 0.717) is 49.7 Å². The summed E-state index contributed by atoms with van der Waals surface area (Å²) in [6.07, 6.45) is -19.6. The van der Waals surface area contributed by atoms with Crippen molar-refractivity contribution in [3.8, 4) is 0 Å². The van der Waals surface area contributed by atoms with Crippen LogP contribution in [0.25, 0.3) is 0 Å². The van der Waals surface area contributed by atoms with E-state index in [1.165, 1.54) is 0 Å². The van der Waals surface area contributed by atoms with Crippen LogP contribution in [0.5, 0.6) is 0 Å². The fourth-order valence-electron chi connectivity index (χ4n) is 16.2. The Morgan fingerprint density at radius 2 is 1.30 bits per heavy atom. The largest absolute Gasteiger partial charge is 0.467 e. The number of esters is 3. The van der Waals surface area contributed by atoms with Gasteiger partial charge in [0.15, 0.2) is 31.1 Å². The van der Waals surface area contributed by atoms with Crippen molar-refractivity contribution in [3.05, 3.63) is 34.9 Å². The highest BCUT2D eigenvalue weighted by molar-refractivity contribution is 5.89. The van der Waals surface area contributed by atoms with Gasteiger partial charge in [-0.3, -0.25) is 0 Å². The summed E-state index contributed by atoms with van der Waals surface area (Å²) in [4.78, 5) is 40.9. The van der Waals surface area contributed by atoms with E-state index in [1.54, 1.807) is 39.8 Å². The smallest absolute Gasteiger partial charge is 0.337 e. The Kier molecular flexibility index (Phi) is 18.2. The third kappa shape index (κ3) is 10.2. The topological polar surface area (TPSA) is 337 Å². The van der Waals surface area contributed by atoms with Crippen LogP contribution in [0.3, 0.4) is 0 Å². The van der Waals surface area contributed by atoms with Crippen LogP contribution in [-0.2, 0) is 57.0 Å². The van der Waals surface area contributed by atoms with Gasteiger partial charge >= 0.3 is 17.9 Å². The third-order valence-corrected chi connectivity index (χ3v) is 21.4. The molecule has 80 heavy (non-hydrogen) atoms. The minimum absolute atomic E-state index is 0.0391. The molecule has 22 nitrogen and oxygen atoms in total. The Hall–Kier alpha value is -3.01. The van der Waals surface area contributed by atoms with E-state index in [9.17, 15) is 65.4 Å². The molecule has 8 aliphatic rings. The van der Waals surface area contributed by atoms with E-state index < -0.39 is 181 Å². The summed E-state index contributed by atoms with van der Waals surface area (Å²) in [5.41, 5.74) is -2.60. The fraction of sp³-hybridized carbons (Fsp3) is 0.845. The van der Waals surface area contributed by atoms with Gasteiger partial charge in [-0.2, -0.15) is 0 Å². The molecule has 3 aliphatic heterocycles. The van der Waals surface area contributed by atoms with E-state index in [1.807, 2.05) is 13.8 Å². The number of carbonyl (C=O) groups is 3. The quantitative estimate of drug-likeness (QED) is 0.0409. The molecule has 3 heterocycles. The molecule has 25 unspecified atom stereocenters. The molecule has 10 N–H and O–H groups in total. The molecule has 0 aromatic rings. The van der Waals surface area contributed by atoms with E-state index in [-0.39, 0.29) is 23.7 Å². The summed E-state index contributed by atoms with van der Waals surface area (Å²) in [5, 5.41) is 111. The summed E-state index contributed by atoms with van der Waals surface area (Å²) in [5.74, 6) is -2.76. The van der Waals surface area contributed by atoms with E-state index in [4.69, 9.17) is 42.6 Å². The lowest BCUT2D eigenvalue weighted by Crippen LogP contribution is -2.72. The number of allylic oxidation sites excluding steroid dienone is 4. The van der Waals surface area contributed by atoms with Crippen molar-refractivity contribution in [3.63, 3.8) is 0 Å². The molecule has 22 heteroatoms. The highest BCUT2D eigenvalue weighted by Crippen LogP contribution is 2.76. The van der Waals surface area contributed by atoms with Crippen molar-refractivity contribution < 1.29 is 108 Å². The lowest BCUT2D eigenvalue weighted by Gasteiger charge is -2.72. The molecule has 5 aliphatic carbocycles. The van der Waals surface area contributed by atoms with Crippen LogP contribution in [0.4, 0.5) is 0 Å². The molecule has 3 saturated heterocycles. The van der Waals surface area contributed by atoms with Crippen molar-refractivity contribution in [2.45, 2.75) is 232 Å². The zero-order chi connectivity index (χ0) is 59.1. The molecule has 8 rings (SSSR count). The minimum atomic E-state index is -1.98. The summed E-state index contributed by atoms with van der Waals surface area (Å²) in [6.45, 7) is 19.8. The molecule has 7 fully saturated rings. The van der Waals surface area contributed by atoms with Gasteiger partial charge in [0.2, 0.25) is 0 Å². The number of hydrogen-bond donors (Lipinski definition) is 10. The Bertz CT molecular complexity index is 2370. The fourth-order valence-corrected chi connectivity index (χ4v) is 16.2. The lowest BCUT2D eigenvalue weighted by atomic mass is 9.33. The van der Waals surface area contributed by atoms with Gasteiger partial charge in [-0.05, 0) is 112 Å². The molecule has 25 atom stereocenters. The van der Waals surface area contributed by atoms with Gasteiger partial charge in [-0.25, -0.2) is 14.4 Å². The first-order chi connectivity index (χ1) is 37.4. The number of aliphatic hydroxyl groups is 10. The molecule has 0 aromatic carbocycles. The molecular weight excluding hydrogens is 1050 g/mol. The number of ether oxygens (including phenoxy) is 9. The highest BCUT2D eigenvalue weighted by atomic mass is 16.8. The molecule has 0 spiro atoms. The van der Waals surface area contributed by atoms with Gasteiger partial charge in [-0.15, -0.1) is 0 Å². The van der Waals surface area contributed by atoms with E-state index in [0.717, 1.165) is 12.7 Å². The van der Waals surface area contributed by atoms with Gasteiger partial charge in [0.1, 0.15) is 67.1 Å². The van der Waals surface area contributed by atoms with Crippen LogP contribution in [0, 0.1) is 50.2 Å². The van der Waals surface area contributed by atoms with Crippen LogP contribution >= 0.6 is 0 Å². The zero-order valence-corrected chi connectivity index (χ0v) is 48.3. The maximum absolute atomic E-state index is 13.8. The number of hydrogen-bond acceptors (Lipinski definition) is 22. The predicted octanol–water partition coefficient (Wildman–Crippen LogP) is 1.38. The van der Waals surface area contributed by atoms with Crippen molar-refractivity contribution in [2.75, 3.05) is 26.9 Å². The Morgan fingerprint density at radius 1 is 0.688 bits per heavy atom. The lowest BCUT2D eigenvalue weighted by molar-refractivity contribution is -0.392. The molecule has 0 bridgehead atoms.